The zero-order valence-corrected chi connectivity index (χ0v) is 8.86. The second kappa shape index (κ2) is 4.50. The minimum absolute atomic E-state index is 0.318. The molecule has 1 saturated heterocycles. The van der Waals surface area contributed by atoms with E-state index in [1.807, 2.05) is 11.0 Å². The number of anilines is 1. The van der Waals surface area contributed by atoms with Crippen LogP contribution in [0, 0.1) is 17.1 Å². The summed E-state index contributed by atoms with van der Waals surface area (Å²) in [5.41, 5.74) is 0.788. The monoisotopic (exact) mass is 220 g/mol. The first kappa shape index (κ1) is 10.9. The van der Waals surface area contributed by atoms with Gasteiger partial charge < -0.3 is 10.0 Å². The Morgan fingerprint density at radius 2 is 2.31 bits per heavy atom. The van der Waals surface area contributed by atoms with E-state index >= 15 is 0 Å². The predicted molar refractivity (Wildman–Crippen MR) is 58.6 cm³/mol. The van der Waals surface area contributed by atoms with Crippen LogP contribution in [0.2, 0.25) is 0 Å². The van der Waals surface area contributed by atoms with Crippen molar-refractivity contribution in [3.63, 3.8) is 0 Å². The highest BCUT2D eigenvalue weighted by Gasteiger charge is 2.20. The minimum Gasteiger partial charge on any atom is -0.391 e. The van der Waals surface area contributed by atoms with Crippen molar-refractivity contribution >= 4 is 5.69 Å². The van der Waals surface area contributed by atoms with Gasteiger partial charge in [-0.3, -0.25) is 0 Å². The maximum Gasteiger partial charge on any atom is 0.147 e. The number of hydrogen-bond donors (Lipinski definition) is 1. The highest BCUT2D eigenvalue weighted by Crippen LogP contribution is 2.23. The van der Waals surface area contributed by atoms with Gasteiger partial charge in [0.15, 0.2) is 0 Å². The number of β-amino-alcohol motifs (C(OH)–C–C–N with tert-alkyl or cyclic N) is 1. The number of nitrogens with zero attached hydrogens (tertiary/aromatic N) is 2. The second-order valence-corrected chi connectivity index (χ2v) is 4.02. The highest BCUT2D eigenvalue weighted by molar-refractivity contribution is 5.51. The van der Waals surface area contributed by atoms with Crippen LogP contribution in [-0.4, -0.2) is 24.3 Å². The van der Waals surface area contributed by atoms with Gasteiger partial charge in [-0.15, -0.1) is 0 Å². The molecular weight excluding hydrogens is 207 g/mol. The van der Waals surface area contributed by atoms with Crippen LogP contribution in [0.4, 0.5) is 10.1 Å². The third-order valence-corrected chi connectivity index (χ3v) is 2.81. The lowest BCUT2D eigenvalue weighted by Gasteiger charge is -2.32. The number of nitriles is 1. The van der Waals surface area contributed by atoms with E-state index in [-0.39, 0.29) is 6.10 Å². The fourth-order valence-electron chi connectivity index (χ4n) is 2.01. The SMILES string of the molecule is N#Cc1ccc(N2CCC[C@H](O)C2)c(F)c1. The van der Waals surface area contributed by atoms with Gasteiger partial charge in [0.2, 0.25) is 0 Å². The van der Waals surface area contributed by atoms with Crippen molar-refractivity contribution in [2.45, 2.75) is 18.9 Å². The van der Waals surface area contributed by atoms with E-state index in [1.54, 1.807) is 12.1 Å². The fraction of sp³-hybridized carbons (Fsp3) is 0.417. The van der Waals surface area contributed by atoms with Crippen LogP contribution in [0.1, 0.15) is 18.4 Å². The average Bonchev–Trinajstić information content (AvgIpc) is 2.28. The molecule has 0 aliphatic carbocycles. The van der Waals surface area contributed by atoms with Crippen LogP contribution in [0.15, 0.2) is 18.2 Å². The Bertz CT molecular complexity index is 428. The smallest absolute Gasteiger partial charge is 0.147 e. The molecule has 16 heavy (non-hydrogen) atoms. The number of aliphatic hydroxyl groups excluding tert-OH is 1. The van der Waals surface area contributed by atoms with E-state index in [0.717, 1.165) is 19.4 Å². The Labute approximate surface area is 93.7 Å². The topological polar surface area (TPSA) is 47.3 Å². The summed E-state index contributed by atoms with van der Waals surface area (Å²) in [5.74, 6) is -0.395. The summed E-state index contributed by atoms with van der Waals surface area (Å²) in [4.78, 5) is 1.82. The first-order valence-corrected chi connectivity index (χ1v) is 5.33. The molecule has 2 rings (SSSR count). The zero-order chi connectivity index (χ0) is 11.5. The van der Waals surface area contributed by atoms with Crippen molar-refractivity contribution in [1.82, 2.24) is 0 Å². The van der Waals surface area contributed by atoms with Crippen molar-refractivity contribution in [2.24, 2.45) is 0 Å². The van der Waals surface area contributed by atoms with Crippen LogP contribution in [0.25, 0.3) is 0 Å². The molecule has 0 radical (unpaired) electrons. The molecule has 1 fully saturated rings. The fourth-order valence-corrected chi connectivity index (χ4v) is 2.01. The van der Waals surface area contributed by atoms with Gasteiger partial charge >= 0.3 is 0 Å². The minimum atomic E-state index is -0.395. The normalized spacial score (nSPS) is 20.6. The summed E-state index contributed by atoms with van der Waals surface area (Å²) in [7, 11) is 0. The van der Waals surface area contributed by atoms with E-state index in [0.29, 0.717) is 17.8 Å². The molecule has 1 aromatic rings. The molecule has 1 atom stereocenters. The maximum atomic E-state index is 13.7. The molecule has 1 aromatic carbocycles. The van der Waals surface area contributed by atoms with Gasteiger partial charge in [0, 0.05) is 13.1 Å². The van der Waals surface area contributed by atoms with Crippen molar-refractivity contribution in [1.29, 1.82) is 5.26 Å². The number of benzene rings is 1. The van der Waals surface area contributed by atoms with Gasteiger partial charge in [-0.2, -0.15) is 5.26 Å². The first-order valence-electron chi connectivity index (χ1n) is 5.33. The van der Waals surface area contributed by atoms with Crippen molar-refractivity contribution < 1.29 is 9.50 Å². The molecule has 3 nitrogen and oxygen atoms in total. The number of piperidine rings is 1. The van der Waals surface area contributed by atoms with Gasteiger partial charge in [-0.1, -0.05) is 0 Å². The van der Waals surface area contributed by atoms with Gasteiger partial charge in [-0.25, -0.2) is 4.39 Å². The van der Waals surface area contributed by atoms with E-state index in [2.05, 4.69) is 0 Å². The predicted octanol–water partition coefficient (Wildman–Crippen LogP) is 1.66. The first-order chi connectivity index (χ1) is 7.70. The molecule has 0 amide bonds. The lowest BCUT2D eigenvalue weighted by atomic mass is 10.1. The molecular formula is C12H13FN2O. The van der Waals surface area contributed by atoms with Crippen LogP contribution in [-0.2, 0) is 0 Å². The van der Waals surface area contributed by atoms with E-state index in [1.165, 1.54) is 6.07 Å². The number of aliphatic hydroxyl groups is 1. The van der Waals surface area contributed by atoms with Crippen LogP contribution >= 0.6 is 0 Å². The van der Waals surface area contributed by atoms with E-state index in [9.17, 15) is 9.50 Å². The van der Waals surface area contributed by atoms with Gasteiger partial charge in [-0.05, 0) is 31.0 Å². The molecule has 1 aliphatic rings. The van der Waals surface area contributed by atoms with Gasteiger partial charge in [0.05, 0.1) is 23.4 Å². The van der Waals surface area contributed by atoms with Crippen molar-refractivity contribution in [3.8, 4) is 6.07 Å². The Kier molecular flexibility index (Phi) is 3.07. The molecule has 0 bridgehead atoms. The second-order valence-electron chi connectivity index (χ2n) is 4.02. The molecule has 4 heteroatoms. The molecule has 1 aliphatic heterocycles. The van der Waals surface area contributed by atoms with Crippen LogP contribution in [0.5, 0.6) is 0 Å². The van der Waals surface area contributed by atoms with E-state index in [4.69, 9.17) is 5.26 Å². The Morgan fingerprint density at radius 1 is 1.50 bits per heavy atom. The third-order valence-electron chi connectivity index (χ3n) is 2.81. The zero-order valence-electron chi connectivity index (χ0n) is 8.86. The summed E-state index contributed by atoms with van der Waals surface area (Å²) in [6.45, 7) is 1.21. The molecule has 1 heterocycles. The molecule has 0 aromatic heterocycles. The molecule has 0 unspecified atom stereocenters. The summed E-state index contributed by atoms with van der Waals surface area (Å²) < 4.78 is 13.7. The number of hydrogen-bond acceptors (Lipinski definition) is 3. The molecule has 0 saturated carbocycles. The van der Waals surface area contributed by atoms with Gasteiger partial charge in [0.25, 0.3) is 0 Å². The lowest BCUT2D eigenvalue weighted by molar-refractivity contribution is 0.154. The number of halogens is 1. The Morgan fingerprint density at radius 3 is 2.94 bits per heavy atom. The number of rotatable bonds is 1. The summed E-state index contributed by atoms with van der Waals surface area (Å²) >= 11 is 0. The van der Waals surface area contributed by atoms with Crippen LogP contribution in [0.3, 0.4) is 0 Å². The van der Waals surface area contributed by atoms with Crippen molar-refractivity contribution in [3.05, 3.63) is 29.6 Å². The van der Waals surface area contributed by atoms with E-state index < -0.39 is 5.82 Å². The molecule has 1 N–H and O–H groups in total. The summed E-state index contributed by atoms with van der Waals surface area (Å²) in [6, 6.07) is 6.33. The lowest BCUT2D eigenvalue weighted by Crippen LogP contribution is -2.38. The summed E-state index contributed by atoms with van der Waals surface area (Å²) in [5, 5.41) is 18.2. The quantitative estimate of drug-likeness (QED) is 0.783. The standard InChI is InChI=1S/C12H13FN2O/c13-11-6-9(7-14)3-4-12(11)15-5-1-2-10(16)8-15/h3-4,6,10,16H,1-2,5,8H2/t10-/m0/s1. The van der Waals surface area contributed by atoms with Gasteiger partial charge in [0.1, 0.15) is 5.82 Å². The largest absolute Gasteiger partial charge is 0.391 e. The third kappa shape index (κ3) is 2.15. The van der Waals surface area contributed by atoms with Crippen LogP contribution < -0.4 is 4.90 Å². The highest BCUT2D eigenvalue weighted by atomic mass is 19.1. The summed E-state index contributed by atoms with van der Waals surface area (Å²) in [6.07, 6.45) is 1.25. The molecule has 84 valence electrons. The maximum absolute atomic E-state index is 13.7. The average molecular weight is 220 g/mol. The Balaban J connectivity index is 2.23. The Hall–Kier alpha value is -1.60. The molecule has 0 spiro atoms. The van der Waals surface area contributed by atoms with Crippen molar-refractivity contribution in [2.75, 3.05) is 18.0 Å².